The lowest BCUT2D eigenvalue weighted by atomic mass is 10.1. The van der Waals surface area contributed by atoms with E-state index in [1.807, 2.05) is 90.2 Å². The maximum Gasteiger partial charge on any atom is 0.253 e. The lowest BCUT2D eigenvalue weighted by Gasteiger charge is -2.35. The van der Waals surface area contributed by atoms with Crippen molar-refractivity contribution >= 4 is 17.7 Å². The minimum atomic E-state index is 0.0721. The summed E-state index contributed by atoms with van der Waals surface area (Å²) in [6.07, 6.45) is 3.98. The number of amides is 1. The van der Waals surface area contributed by atoms with Crippen molar-refractivity contribution in [3.8, 4) is 5.69 Å². The van der Waals surface area contributed by atoms with E-state index < -0.39 is 0 Å². The molecule has 0 bridgehead atoms. The molecule has 0 saturated carbocycles. The highest BCUT2D eigenvalue weighted by Gasteiger charge is 2.24. The molecule has 150 valence electrons. The number of hydrogen-bond donors (Lipinski definition) is 0. The number of aromatic nitrogens is 3. The Labute approximate surface area is 171 Å². The van der Waals surface area contributed by atoms with E-state index >= 15 is 0 Å². The Morgan fingerprint density at radius 2 is 1.62 bits per heavy atom. The Hall–Kier alpha value is -3.35. The maximum atomic E-state index is 12.9. The van der Waals surface area contributed by atoms with Crippen molar-refractivity contribution in [3.63, 3.8) is 0 Å². The lowest BCUT2D eigenvalue weighted by molar-refractivity contribution is 0.0746. The Bertz CT molecular complexity index is 973. The molecule has 0 spiro atoms. The summed E-state index contributed by atoms with van der Waals surface area (Å²) in [5, 5.41) is 0. The van der Waals surface area contributed by atoms with Crippen molar-refractivity contribution < 1.29 is 4.79 Å². The van der Waals surface area contributed by atoms with Crippen LogP contribution in [0.4, 0.5) is 11.8 Å². The molecule has 0 N–H and O–H groups in total. The number of carbonyl (C=O) groups excluding carboxylic acids is 1. The molecule has 1 amide bonds. The van der Waals surface area contributed by atoms with Gasteiger partial charge in [-0.15, -0.1) is 0 Å². The predicted octanol–water partition coefficient (Wildman–Crippen LogP) is 2.60. The average Bonchev–Trinajstić information content (AvgIpc) is 3.28. The van der Waals surface area contributed by atoms with E-state index in [9.17, 15) is 4.79 Å². The first-order valence-electron chi connectivity index (χ1n) is 9.82. The van der Waals surface area contributed by atoms with Gasteiger partial charge in [0.1, 0.15) is 5.82 Å². The summed E-state index contributed by atoms with van der Waals surface area (Å²) in [5.74, 6) is 1.70. The third kappa shape index (κ3) is 4.08. The van der Waals surface area contributed by atoms with Gasteiger partial charge < -0.3 is 19.3 Å². The van der Waals surface area contributed by atoms with Crippen LogP contribution >= 0.6 is 0 Å². The maximum absolute atomic E-state index is 12.9. The van der Waals surface area contributed by atoms with Gasteiger partial charge in [-0.3, -0.25) is 4.79 Å². The summed E-state index contributed by atoms with van der Waals surface area (Å²) >= 11 is 0. The molecule has 7 nitrogen and oxygen atoms in total. The fourth-order valence-electron chi connectivity index (χ4n) is 3.48. The molecule has 7 heteroatoms. The second kappa shape index (κ2) is 7.95. The van der Waals surface area contributed by atoms with E-state index in [0.29, 0.717) is 13.1 Å². The second-order valence-corrected chi connectivity index (χ2v) is 7.48. The summed E-state index contributed by atoms with van der Waals surface area (Å²) in [6, 6.07) is 13.7. The van der Waals surface area contributed by atoms with Crippen LogP contribution in [0.25, 0.3) is 5.69 Å². The molecule has 0 radical (unpaired) electrons. The molecule has 1 aromatic carbocycles. The van der Waals surface area contributed by atoms with E-state index in [-0.39, 0.29) is 5.91 Å². The molecular formula is C22H26N6O. The van der Waals surface area contributed by atoms with Crippen molar-refractivity contribution in [1.82, 2.24) is 19.4 Å². The van der Waals surface area contributed by atoms with Gasteiger partial charge in [0, 0.05) is 75.7 Å². The van der Waals surface area contributed by atoms with E-state index in [1.165, 1.54) is 0 Å². The van der Waals surface area contributed by atoms with E-state index in [1.54, 1.807) is 0 Å². The molecule has 1 aliphatic rings. The summed E-state index contributed by atoms with van der Waals surface area (Å²) in [6.45, 7) is 4.75. The summed E-state index contributed by atoms with van der Waals surface area (Å²) in [5.41, 5.74) is 2.71. The third-order valence-corrected chi connectivity index (χ3v) is 5.15. The lowest BCUT2D eigenvalue weighted by Crippen LogP contribution is -2.49. The largest absolute Gasteiger partial charge is 0.363 e. The first-order chi connectivity index (χ1) is 14.0. The molecule has 1 aliphatic heterocycles. The normalized spacial score (nSPS) is 14.2. The molecule has 1 saturated heterocycles. The van der Waals surface area contributed by atoms with Crippen molar-refractivity contribution in [2.24, 2.45) is 0 Å². The molecular weight excluding hydrogens is 364 g/mol. The van der Waals surface area contributed by atoms with E-state index in [0.717, 1.165) is 41.8 Å². The second-order valence-electron chi connectivity index (χ2n) is 7.48. The van der Waals surface area contributed by atoms with Crippen LogP contribution in [0.2, 0.25) is 0 Å². The van der Waals surface area contributed by atoms with Crippen molar-refractivity contribution in [1.29, 1.82) is 0 Å². The third-order valence-electron chi connectivity index (χ3n) is 5.15. The molecule has 2 aromatic heterocycles. The topological polar surface area (TPSA) is 57.5 Å². The van der Waals surface area contributed by atoms with Gasteiger partial charge in [0.25, 0.3) is 5.91 Å². The van der Waals surface area contributed by atoms with Crippen LogP contribution in [-0.2, 0) is 0 Å². The van der Waals surface area contributed by atoms with Crippen LogP contribution in [0, 0.1) is 6.92 Å². The van der Waals surface area contributed by atoms with Gasteiger partial charge >= 0.3 is 0 Å². The van der Waals surface area contributed by atoms with Crippen LogP contribution in [0.15, 0.2) is 54.9 Å². The number of piperazine rings is 1. The van der Waals surface area contributed by atoms with Gasteiger partial charge in [-0.05, 0) is 43.3 Å². The molecule has 0 atom stereocenters. The molecule has 29 heavy (non-hydrogen) atoms. The van der Waals surface area contributed by atoms with Crippen molar-refractivity contribution in [3.05, 3.63) is 66.1 Å². The minimum absolute atomic E-state index is 0.0721. The van der Waals surface area contributed by atoms with Crippen LogP contribution in [0.3, 0.4) is 0 Å². The van der Waals surface area contributed by atoms with Gasteiger partial charge in [0.2, 0.25) is 5.95 Å². The summed E-state index contributed by atoms with van der Waals surface area (Å²) in [4.78, 5) is 28.2. The van der Waals surface area contributed by atoms with E-state index in [4.69, 9.17) is 0 Å². The zero-order valence-electron chi connectivity index (χ0n) is 17.1. The zero-order valence-corrected chi connectivity index (χ0v) is 17.1. The monoisotopic (exact) mass is 390 g/mol. The summed E-state index contributed by atoms with van der Waals surface area (Å²) in [7, 11) is 3.95. The van der Waals surface area contributed by atoms with Crippen molar-refractivity contribution in [2.75, 3.05) is 50.1 Å². The molecule has 3 aromatic rings. The number of aryl methyl sites for hydroxylation is 1. The standard InChI is InChI=1S/C22H26N6O/c1-17-16-20(25(2)3)24-22(23-17)28-14-12-27(13-15-28)21(29)18-6-8-19(9-7-18)26-10-4-5-11-26/h4-11,16H,12-15H2,1-3H3. The van der Waals surface area contributed by atoms with Crippen LogP contribution in [0.5, 0.6) is 0 Å². The van der Waals surface area contributed by atoms with Gasteiger partial charge in [-0.1, -0.05) is 0 Å². The quantitative estimate of drug-likeness (QED) is 0.685. The van der Waals surface area contributed by atoms with Gasteiger partial charge in [-0.2, -0.15) is 4.98 Å². The fourth-order valence-corrected chi connectivity index (χ4v) is 3.48. The Morgan fingerprint density at radius 3 is 2.24 bits per heavy atom. The molecule has 0 aliphatic carbocycles. The Balaban J connectivity index is 1.41. The smallest absolute Gasteiger partial charge is 0.253 e. The molecule has 1 fully saturated rings. The highest BCUT2D eigenvalue weighted by atomic mass is 16.2. The predicted molar refractivity (Wildman–Crippen MR) is 115 cm³/mol. The van der Waals surface area contributed by atoms with Gasteiger partial charge in [0.15, 0.2) is 0 Å². The molecule has 4 rings (SSSR count). The number of benzene rings is 1. The van der Waals surface area contributed by atoms with Gasteiger partial charge in [-0.25, -0.2) is 4.98 Å². The number of nitrogens with zero attached hydrogens (tertiary/aromatic N) is 6. The Kier molecular flexibility index (Phi) is 5.20. The SMILES string of the molecule is Cc1cc(N(C)C)nc(N2CCN(C(=O)c3ccc(-n4cccc4)cc3)CC2)n1. The average molecular weight is 390 g/mol. The molecule has 0 unspecified atom stereocenters. The number of rotatable bonds is 4. The minimum Gasteiger partial charge on any atom is -0.363 e. The van der Waals surface area contributed by atoms with E-state index in [2.05, 4.69) is 14.9 Å². The van der Waals surface area contributed by atoms with Crippen LogP contribution < -0.4 is 9.80 Å². The highest BCUT2D eigenvalue weighted by molar-refractivity contribution is 5.94. The van der Waals surface area contributed by atoms with Crippen LogP contribution in [0.1, 0.15) is 16.1 Å². The van der Waals surface area contributed by atoms with Gasteiger partial charge in [0.05, 0.1) is 0 Å². The van der Waals surface area contributed by atoms with Crippen molar-refractivity contribution in [2.45, 2.75) is 6.92 Å². The number of carbonyl (C=O) groups is 1. The Morgan fingerprint density at radius 1 is 0.966 bits per heavy atom. The first-order valence-corrected chi connectivity index (χ1v) is 9.82. The first kappa shape index (κ1) is 19.0. The fraction of sp³-hybridized carbons (Fsp3) is 0.318. The number of anilines is 2. The zero-order chi connectivity index (χ0) is 20.4. The molecule has 3 heterocycles. The number of hydrogen-bond acceptors (Lipinski definition) is 5. The highest BCUT2D eigenvalue weighted by Crippen LogP contribution is 2.18. The summed E-state index contributed by atoms with van der Waals surface area (Å²) < 4.78 is 2.02. The van der Waals surface area contributed by atoms with Crippen LogP contribution in [-0.4, -0.2) is 65.6 Å².